The van der Waals surface area contributed by atoms with Crippen LogP contribution in [0.3, 0.4) is 0 Å². The van der Waals surface area contributed by atoms with Gasteiger partial charge >= 0.3 is 0 Å². The van der Waals surface area contributed by atoms with Crippen LogP contribution < -0.4 is 0 Å². The monoisotopic (exact) mass is 293 g/mol. The molecule has 2 aliphatic rings. The van der Waals surface area contributed by atoms with Crippen molar-refractivity contribution in [2.75, 3.05) is 45.2 Å². The van der Waals surface area contributed by atoms with Crippen molar-refractivity contribution in [3.8, 4) is 0 Å². The van der Waals surface area contributed by atoms with E-state index in [0.29, 0.717) is 0 Å². The Bertz CT molecular complexity index is 406. The average Bonchev–Trinajstić information content (AvgIpc) is 2.93. The van der Waals surface area contributed by atoms with Crippen LogP contribution in [0.15, 0.2) is 30.3 Å². The van der Waals surface area contributed by atoms with Crippen LogP contribution in [0.2, 0.25) is 0 Å². The second-order valence-corrected chi connectivity index (χ2v) is 6.75. The van der Waals surface area contributed by atoms with Crippen molar-refractivity contribution in [1.29, 1.82) is 0 Å². The molecule has 0 unspecified atom stereocenters. The standard InChI is InChI=1S/C16H23NO2S/c1-2-4-15(5-3-1)12-20-11-8-17-7-10-19-16(13-17)6-9-18-14-16/h1-5H,6-14H2/t16-/m0/s1. The Balaban J connectivity index is 1.38. The highest BCUT2D eigenvalue weighted by Gasteiger charge is 2.40. The molecule has 1 aromatic rings. The van der Waals surface area contributed by atoms with Crippen molar-refractivity contribution in [3.63, 3.8) is 0 Å². The zero-order chi connectivity index (χ0) is 13.7. The predicted octanol–water partition coefficient (Wildman–Crippen LogP) is 2.41. The van der Waals surface area contributed by atoms with Gasteiger partial charge in [0.25, 0.3) is 0 Å². The fourth-order valence-electron chi connectivity index (χ4n) is 2.90. The van der Waals surface area contributed by atoms with E-state index in [2.05, 4.69) is 35.2 Å². The maximum absolute atomic E-state index is 5.96. The summed E-state index contributed by atoms with van der Waals surface area (Å²) in [6, 6.07) is 10.7. The lowest BCUT2D eigenvalue weighted by atomic mass is 10.0. The lowest BCUT2D eigenvalue weighted by Crippen LogP contribution is -2.52. The zero-order valence-corrected chi connectivity index (χ0v) is 12.7. The molecule has 3 nitrogen and oxygen atoms in total. The summed E-state index contributed by atoms with van der Waals surface area (Å²) in [4.78, 5) is 2.54. The van der Waals surface area contributed by atoms with Crippen molar-refractivity contribution < 1.29 is 9.47 Å². The van der Waals surface area contributed by atoms with Crippen molar-refractivity contribution >= 4 is 11.8 Å². The summed E-state index contributed by atoms with van der Waals surface area (Å²) in [6.07, 6.45) is 1.06. The normalized spacial score (nSPS) is 27.2. The van der Waals surface area contributed by atoms with Crippen LogP contribution in [-0.4, -0.2) is 55.7 Å². The van der Waals surface area contributed by atoms with Gasteiger partial charge in [-0.05, 0) is 5.56 Å². The number of rotatable bonds is 5. The molecule has 1 aromatic carbocycles. The highest BCUT2D eigenvalue weighted by Crippen LogP contribution is 2.27. The molecule has 4 heteroatoms. The first-order chi connectivity index (χ1) is 9.86. The number of hydrogen-bond acceptors (Lipinski definition) is 4. The molecule has 0 amide bonds. The smallest absolute Gasteiger partial charge is 0.106 e. The molecule has 2 fully saturated rings. The van der Waals surface area contributed by atoms with Crippen LogP contribution in [0.5, 0.6) is 0 Å². The third-order valence-corrected chi connectivity index (χ3v) is 5.07. The van der Waals surface area contributed by atoms with E-state index in [-0.39, 0.29) is 5.60 Å². The van der Waals surface area contributed by atoms with Gasteiger partial charge in [0.2, 0.25) is 0 Å². The Kier molecular flexibility index (Phi) is 4.99. The first kappa shape index (κ1) is 14.4. The van der Waals surface area contributed by atoms with Crippen LogP contribution in [0.4, 0.5) is 0 Å². The molecule has 2 aliphatic heterocycles. The molecule has 0 bridgehead atoms. The third-order valence-electron chi connectivity index (χ3n) is 4.06. The van der Waals surface area contributed by atoms with E-state index in [1.807, 2.05) is 11.8 Å². The van der Waals surface area contributed by atoms with E-state index in [9.17, 15) is 0 Å². The molecule has 0 N–H and O–H groups in total. The van der Waals surface area contributed by atoms with E-state index >= 15 is 0 Å². The summed E-state index contributed by atoms with van der Waals surface area (Å²) in [5.74, 6) is 2.30. The molecule has 3 rings (SSSR count). The lowest BCUT2D eigenvalue weighted by Gasteiger charge is -2.39. The molecule has 1 atom stereocenters. The van der Waals surface area contributed by atoms with Gasteiger partial charge in [-0.1, -0.05) is 30.3 Å². The summed E-state index contributed by atoms with van der Waals surface area (Å²) in [7, 11) is 0. The van der Waals surface area contributed by atoms with Gasteiger partial charge in [0.05, 0.1) is 13.2 Å². The Morgan fingerprint density at radius 3 is 2.90 bits per heavy atom. The van der Waals surface area contributed by atoms with E-state index in [1.165, 1.54) is 11.3 Å². The van der Waals surface area contributed by atoms with Gasteiger partial charge < -0.3 is 9.47 Å². The molecule has 0 radical (unpaired) electrons. The van der Waals surface area contributed by atoms with E-state index in [1.54, 1.807) is 0 Å². The fraction of sp³-hybridized carbons (Fsp3) is 0.625. The predicted molar refractivity (Wildman–Crippen MR) is 83.2 cm³/mol. The number of morpholine rings is 1. The van der Waals surface area contributed by atoms with Crippen LogP contribution >= 0.6 is 11.8 Å². The highest BCUT2D eigenvalue weighted by atomic mass is 32.2. The zero-order valence-electron chi connectivity index (χ0n) is 11.9. The maximum Gasteiger partial charge on any atom is 0.106 e. The van der Waals surface area contributed by atoms with Gasteiger partial charge in [-0.15, -0.1) is 0 Å². The SMILES string of the molecule is c1ccc(CSCCN2CCO[C@@]3(CCOC3)C2)cc1. The van der Waals surface area contributed by atoms with E-state index in [4.69, 9.17) is 9.47 Å². The highest BCUT2D eigenvalue weighted by molar-refractivity contribution is 7.98. The van der Waals surface area contributed by atoms with Crippen molar-refractivity contribution in [2.45, 2.75) is 17.8 Å². The lowest BCUT2D eigenvalue weighted by molar-refractivity contribution is -0.107. The molecule has 1 spiro atoms. The molecule has 0 aliphatic carbocycles. The topological polar surface area (TPSA) is 21.7 Å². The minimum atomic E-state index is 0.00233. The van der Waals surface area contributed by atoms with E-state index < -0.39 is 0 Å². The van der Waals surface area contributed by atoms with Gasteiger partial charge in [-0.3, -0.25) is 4.90 Å². The summed E-state index contributed by atoms with van der Waals surface area (Å²) < 4.78 is 11.5. The molecule has 110 valence electrons. The van der Waals surface area contributed by atoms with Gasteiger partial charge in [0, 0.05) is 44.2 Å². The largest absolute Gasteiger partial charge is 0.378 e. The fourth-order valence-corrected chi connectivity index (χ4v) is 3.86. The van der Waals surface area contributed by atoms with Crippen molar-refractivity contribution in [2.24, 2.45) is 0 Å². The average molecular weight is 293 g/mol. The number of nitrogens with zero attached hydrogens (tertiary/aromatic N) is 1. The van der Waals surface area contributed by atoms with Crippen LogP contribution in [0.1, 0.15) is 12.0 Å². The molecule has 0 aromatic heterocycles. The van der Waals surface area contributed by atoms with E-state index in [0.717, 1.165) is 51.6 Å². The van der Waals surface area contributed by atoms with Gasteiger partial charge in [0.1, 0.15) is 5.60 Å². The first-order valence-electron chi connectivity index (χ1n) is 7.42. The Morgan fingerprint density at radius 2 is 2.10 bits per heavy atom. The quantitative estimate of drug-likeness (QED) is 0.777. The molecule has 20 heavy (non-hydrogen) atoms. The van der Waals surface area contributed by atoms with Gasteiger partial charge in [0.15, 0.2) is 0 Å². The van der Waals surface area contributed by atoms with Crippen LogP contribution in [0.25, 0.3) is 0 Å². The molecular formula is C16H23NO2S. The second-order valence-electron chi connectivity index (χ2n) is 5.65. The van der Waals surface area contributed by atoms with Gasteiger partial charge in [-0.2, -0.15) is 11.8 Å². The minimum absolute atomic E-state index is 0.00233. The summed E-state index contributed by atoms with van der Waals surface area (Å²) in [5, 5.41) is 0. The number of thioether (sulfide) groups is 1. The van der Waals surface area contributed by atoms with Crippen molar-refractivity contribution in [1.82, 2.24) is 4.90 Å². The Labute approximate surface area is 125 Å². The Hall–Kier alpha value is -0.550. The molecule has 0 saturated carbocycles. The third kappa shape index (κ3) is 3.76. The van der Waals surface area contributed by atoms with Crippen LogP contribution in [0, 0.1) is 0 Å². The first-order valence-corrected chi connectivity index (χ1v) is 8.58. The Morgan fingerprint density at radius 1 is 1.20 bits per heavy atom. The van der Waals surface area contributed by atoms with Crippen molar-refractivity contribution in [3.05, 3.63) is 35.9 Å². The molecular weight excluding hydrogens is 270 g/mol. The van der Waals surface area contributed by atoms with Gasteiger partial charge in [-0.25, -0.2) is 0 Å². The summed E-state index contributed by atoms with van der Waals surface area (Å²) >= 11 is 2.02. The summed E-state index contributed by atoms with van der Waals surface area (Å²) in [5.41, 5.74) is 1.42. The number of ether oxygens (including phenoxy) is 2. The number of hydrogen-bond donors (Lipinski definition) is 0. The number of benzene rings is 1. The molecule has 2 saturated heterocycles. The summed E-state index contributed by atoms with van der Waals surface area (Å²) in [6.45, 7) is 5.75. The molecule has 2 heterocycles. The second kappa shape index (κ2) is 6.94. The van der Waals surface area contributed by atoms with Crippen LogP contribution in [-0.2, 0) is 15.2 Å². The minimum Gasteiger partial charge on any atom is -0.378 e. The maximum atomic E-state index is 5.96.